The van der Waals surface area contributed by atoms with Gasteiger partial charge in [0, 0.05) is 12.8 Å². The molecule has 0 N–H and O–H groups in total. The van der Waals surface area contributed by atoms with Crippen LogP contribution in [0.4, 0.5) is 0 Å². The fraction of sp³-hybridized carbons (Fsp3) is 0.750. The largest absolute Gasteiger partial charge is 0.300 e. The predicted octanol–water partition coefficient (Wildman–Crippen LogP) is 1.47. The molecule has 62 valence electrons. The second-order valence-corrected chi connectivity index (χ2v) is 2.37. The summed E-state index contributed by atoms with van der Waals surface area (Å²) in [6.45, 7) is 2.40. The van der Waals surface area contributed by atoms with Gasteiger partial charge in [0.2, 0.25) is 6.08 Å². The van der Waals surface area contributed by atoms with E-state index in [0.29, 0.717) is 25.8 Å². The SMILES string of the molecule is CCCC(=O)CCCN=C=O. The highest BCUT2D eigenvalue weighted by molar-refractivity contribution is 5.78. The highest BCUT2D eigenvalue weighted by Crippen LogP contribution is 1.97. The number of hydrogen-bond acceptors (Lipinski definition) is 3. The van der Waals surface area contributed by atoms with E-state index in [2.05, 4.69) is 4.99 Å². The van der Waals surface area contributed by atoms with Gasteiger partial charge in [-0.2, -0.15) is 0 Å². The molecule has 3 heteroatoms. The topological polar surface area (TPSA) is 46.5 Å². The summed E-state index contributed by atoms with van der Waals surface area (Å²) < 4.78 is 0. The van der Waals surface area contributed by atoms with Gasteiger partial charge in [-0.05, 0) is 12.8 Å². The number of carbonyl (C=O) groups excluding carboxylic acids is 2. The van der Waals surface area contributed by atoms with Crippen LogP contribution in [0.3, 0.4) is 0 Å². The van der Waals surface area contributed by atoms with E-state index in [9.17, 15) is 9.59 Å². The first-order valence-electron chi connectivity index (χ1n) is 3.86. The Morgan fingerprint density at radius 1 is 1.45 bits per heavy atom. The van der Waals surface area contributed by atoms with Crippen molar-refractivity contribution in [2.45, 2.75) is 32.6 Å². The van der Waals surface area contributed by atoms with Crippen molar-refractivity contribution in [3.8, 4) is 0 Å². The smallest absolute Gasteiger partial charge is 0.234 e. The third-order valence-electron chi connectivity index (χ3n) is 1.32. The molecule has 0 saturated heterocycles. The second-order valence-electron chi connectivity index (χ2n) is 2.37. The Labute approximate surface area is 66.5 Å². The minimum atomic E-state index is 0.258. The van der Waals surface area contributed by atoms with Gasteiger partial charge in [-0.25, -0.2) is 9.79 Å². The van der Waals surface area contributed by atoms with Crippen LogP contribution in [0.2, 0.25) is 0 Å². The second kappa shape index (κ2) is 7.16. The van der Waals surface area contributed by atoms with E-state index in [-0.39, 0.29) is 5.78 Å². The first-order valence-corrected chi connectivity index (χ1v) is 3.86. The Kier molecular flexibility index (Phi) is 6.54. The van der Waals surface area contributed by atoms with Crippen LogP contribution in [0.25, 0.3) is 0 Å². The van der Waals surface area contributed by atoms with Gasteiger partial charge in [0.05, 0.1) is 6.54 Å². The fourth-order valence-corrected chi connectivity index (χ4v) is 0.805. The van der Waals surface area contributed by atoms with Crippen LogP contribution in [0.5, 0.6) is 0 Å². The fourth-order valence-electron chi connectivity index (χ4n) is 0.805. The van der Waals surface area contributed by atoms with Crippen LogP contribution in [0.1, 0.15) is 32.6 Å². The quantitative estimate of drug-likeness (QED) is 0.331. The predicted molar refractivity (Wildman–Crippen MR) is 42.1 cm³/mol. The Morgan fingerprint density at radius 2 is 2.18 bits per heavy atom. The first kappa shape index (κ1) is 10.0. The molecule has 0 aromatic heterocycles. The molecular formula is C8H13NO2. The van der Waals surface area contributed by atoms with Gasteiger partial charge in [0.15, 0.2) is 0 Å². The van der Waals surface area contributed by atoms with Crippen LogP contribution in [0.15, 0.2) is 4.99 Å². The van der Waals surface area contributed by atoms with Crippen molar-refractivity contribution in [2.24, 2.45) is 4.99 Å². The van der Waals surface area contributed by atoms with Gasteiger partial charge in [0.25, 0.3) is 0 Å². The molecule has 0 fully saturated rings. The summed E-state index contributed by atoms with van der Waals surface area (Å²) in [4.78, 5) is 23.8. The zero-order valence-corrected chi connectivity index (χ0v) is 6.80. The van der Waals surface area contributed by atoms with Crippen LogP contribution in [0, 0.1) is 0 Å². The van der Waals surface area contributed by atoms with E-state index in [4.69, 9.17) is 0 Å². The number of hydrogen-bond donors (Lipinski definition) is 0. The molecule has 3 nitrogen and oxygen atoms in total. The standard InChI is InChI=1S/C8H13NO2/c1-2-4-8(11)5-3-6-9-7-10/h2-6H2,1H3. The monoisotopic (exact) mass is 155 g/mol. The summed E-state index contributed by atoms with van der Waals surface area (Å²) in [6, 6.07) is 0. The summed E-state index contributed by atoms with van der Waals surface area (Å²) in [7, 11) is 0. The summed E-state index contributed by atoms with van der Waals surface area (Å²) in [5.74, 6) is 0.258. The Balaban J connectivity index is 3.23. The third-order valence-corrected chi connectivity index (χ3v) is 1.32. The van der Waals surface area contributed by atoms with Crippen molar-refractivity contribution in [2.75, 3.05) is 6.54 Å². The average Bonchev–Trinajstić information content (AvgIpc) is 1.99. The minimum Gasteiger partial charge on any atom is -0.300 e. The summed E-state index contributed by atoms with van der Waals surface area (Å²) in [5.41, 5.74) is 0. The number of aliphatic imine (C=N–C) groups is 1. The first-order chi connectivity index (χ1) is 5.31. The number of isocyanates is 1. The third kappa shape index (κ3) is 6.94. The molecule has 0 radical (unpaired) electrons. The zero-order chi connectivity index (χ0) is 8.53. The lowest BCUT2D eigenvalue weighted by Crippen LogP contribution is -1.97. The lowest BCUT2D eigenvalue weighted by molar-refractivity contribution is -0.119. The molecule has 0 saturated carbocycles. The number of rotatable bonds is 6. The molecule has 0 bridgehead atoms. The molecule has 0 heterocycles. The van der Waals surface area contributed by atoms with Crippen molar-refractivity contribution in [3.63, 3.8) is 0 Å². The molecule has 0 aromatic carbocycles. The van der Waals surface area contributed by atoms with E-state index in [0.717, 1.165) is 6.42 Å². The average molecular weight is 155 g/mol. The highest BCUT2D eigenvalue weighted by atomic mass is 16.1. The molecule has 0 rings (SSSR count). The van der Waals surface area contributed by atoms with Crippen molar-refractivity contribution in [1.82, 2.24) is 0 Å². The maximum atomic E-state index is 10.9. The number of ketones is 1. The van der Waals surface area contributed by atoms with Crippen molar-refractivity contribution in [3.05, 3.63) is 0 Å². The van der Waals surface area contributed by atoms with E-state index >= 15 is 0 Å². The van der Waals surface area contributed by atoms with Crippen molar-refractivity contribution >= 4 is 11.9 Å². The molecule has 0 aliphatic carbocycles. The molecule has 0 aromatic rings. The number of Topliss-reactive ketones (excluding diaryl/α,β-unsaturated/α-hetero) is 1. The van der Waals surface area contributed by atoms with Gasteiger partial charge in [-0.15, -0.1) is 0 Å². The maximum Gasteiger partial charge on any atom is 0.234 e. The molecule has 0 aliphatic rings. The molecule has 11 heavy (non-hydrogen) atoms. The lowest BCUT2D eigenvalue weighted by Gasteiger charge is -1.94. The van der Waals surface area contributed by atoms with Gasteiger partial charge in [0.1, 0.15) is 5.78 Å². The van der Waals surface area contributed by atoms with Crippen LogP contribution in [-0.2, 0) is 9.59 Å². The Morgan fingerprint density at radius 3 is 2.73 bits per heavy atom. The molecule has 0 unspecified atom stereocenters. The van der Waals surface area contributed by atoms with E-state index in [1.807, 2.05) is 6.92 Å². The summed E-state index contributed by atoms with van der Waals surface area (Å²) in [6.07, 6.45) is 4.19. The van der Waals surface area contributed by atoms with E-state index < -0.39 is 0 Å². The Hall–Kier alpha value is -0.950. The molecule has 0 aliphatic heterocycles. The van der Waals surface area contributed by atoms with Gasteiger partial charge in [-0.1, -0.05) is 6.92 Å². The number of nitrogens with zero attached hydrogens (tertiary/aromatic N) is 1. The molecule has 0 amide bonds. The van der Waals surface area contributed by atoms with Crippen molar-refractivity contribution in [1.29, 1.82) is 0 Å². The molecule has 0 spiro atoms. The van der Waals surface area contributed by atoms with Gasteiger partial charge in [-0.3, -0.25) is 4.79 Å². The van der Waals surface area contributed by atoms with E-state index in [1.54, 1.807) is 0 Å². The van der Waals surface area contributed by atoms with E-state index in [1.165, 1.54) is 6.08 Å². The summed E-state index contributed by atoms with van der Waals surface area (Å²) in [5, 5.41) is 0. The van der Waals surface area contributed by atoms with Gasteiger partial charge >= 0.3 is 0 Å². The molecular weight excluding hydrogens is 142 g/mol. The Bertz CT molecular complexity index is 159. The van der Waals surface area contributed by atoms with Gasteiger partial charge < -0.3 is 0 Å². The lowest BCUT2D eigenvalue weighted by atomic mass is 10.1. The van der Waals surface area contributed by atoms with Crippen molar-refractivity contribution < 1.29 is 9.59 Å². The minimum absolute atomic E-state index is 0.258. The summed E-state index contributed by atoms with van der Waals surface area (Å²) >= 11 is 0. The zero-order valence-electron chi connectivity index (χ0n) is 6.80. The highest BCUT2D eigenvalue weighted by Gasteiger charge is 1.97. The normalized spacial score (nSPS) is 8.82. The van der Waals surface area contributed by atoms with Crippen LogP contribution < -0.4 is 0 Å². The molecule has 0 atom stereocenters. The van der Waals surface area contributed by atoms with Crippen LogP contribution in [-0.4, -0.2) is 18.4 Å². The van der Waals surface area contributed by atoms with Crippen LogP contribution >= 0.6 is 0 Å². The maximum absolute atomic E-state index is 10.9. The number of carbonyl (C=O) groups is 1.